The van der Waals surface area contributed by atoms with Crippen molar-refractivity contribution < 1.29 is 51.6 Å². The summed E-state index contributed by atoms with van der Waals surface area (Å²) < 4.78 is 0. The molecule has 1 N–H and O–H groups in total. The van der Waals surface area contributed by atoms with Crippen LogP contribution in [0.2, 0.25) is 0 Å². The van der Waals surface area contributed by atoms with E-state index in [4.69, 9.17) is 5.11 Å². The van der Waals surface area contributed by atoms with Crippen LogP contribution in [0, 0.1) is 12.0 Å². The molecular weight excluding hydrogens is 423 g/mol. The van der Waals surface area contributed by atoms with Crippen molar-refractivity contribution in [3.8, 4) is 22.3 Å². The van der Waals surface area contributed by atoms with Crippen LogP contribution in [0.1, 0.15) is 31.9 Å². The van der Waals surface area contributed by atoms with Gasteiger partial charge in [0.1, 0.15) is 0 Å². The number of aliphatic hydroxyl groups is 1. The first-order valence-electron chi connectivity index (χ1n) is 8.55. The van der Waals surface area contributed by atoms with Crippen LogP contribution in [0.15, 0.2) is 66.7 Å². The molecule has 3 aromatic rings. The molecule has 0 radical (unpaired) electrons. The van der Waals surface area contributed by atoms with Crippen molar-refractivity contribution in [1.29, 1.82) is 0 Å². The molecule has 0 fully saturated rings. The number of fused-ring (bicyclic) bond motifs is 3. The maximum Gasteiger partial charge on any atom is 4.00 e. The molecule has 4 heteroatoms. The molecule has 0 heterocycles. The number of rotatable bonds is 1. The summed E-state index contributed by atoms with van der Waals surface area (Å²) in [5.41, 5.74) is 8.13. The van der Waals surface area contributed by atoms with E-state index in [9.17, 15) is 0 Å². The molecule has 0 aromatic heterocycles. The van der Waals surface area contributed by atoms with Gasteiger partial charge in [-0.25, -0.2) is 0 Å². The van der Waals surface area contributed by atoms with Gasteiger partial charge in [-0.05, 0) is 23.1 Å². The summed E-state index contributed by atoms with van der Waals surface area (Å²) in [6.07, 6.45) is 1.03. The zero-order chi connectivity index (χ0) is 18.2. The average molecular weight is 449 g/mol. The SMILES string of the molecule is CO.C[C-](C)C.[Cl-].[Cl-].[Ti+4].[c-]1ccccc1-c1cccc2c1Cc1ccccc1-2. The topological polar surface area (TPSA) is 20.2 Å². The minimum Gasteiger partial charge on any atom is -1.00 e. The monoisotopic (exact) mass is 448 g/mol. The summed E-state index contributed by atoms with van der Waals surface area (Å²) in [6, 6.07) is 26.8. The Bertz CT molecular complexity index is 802. The summed E-state index contributed by atoms with van der Waals surface area (Å²) in [6.45, 7) is 6.25. The molecule has 28 heavy (non-hydrogen) atoms. The fourth-order valence-corrected chi connectivity index (χ4v) is 2.97. The molecule has 1 nitrogen and oxygen atoms in total. The zero-order valence-electron chi connectivity index (χ0n) is 16.8. The summed E-state index contributed by atoms with van der Waals surface area (Å²) in [4.78, 5) is 0. The predicted octanol–water partition coefficient (Wildman–Crippen LogP) is -0.0404. The van der Waals surface area contributed by atoms with E-state index >= 15 is 0 Å². The van der Waals surface area contributed by atoms with Crippen LogP contribution in [0.3, 0.4) is 0 Å². The van der Waals surface area contributed by atoms with Crippen LogP contribution in [-0.2, 0) is 28.1 Å². The van der Waals surface area contributed by atoms with E-state index in [0.29, 0.717) is 0 Å². The van der Waals surface area contributed by atoms with E-state index in [1.54, 1.807) is 0 Å². The molecule has 0 amide bonds. The Hall–Kier alpha value is -1.09. The molecule has 0 aliphatic heterocycles. The van der Waals surface area contributed by atoms with Crippen molar-refractivity contribution in [2.75, 3.05) is 7.11 Å². The van der Waals surface area contributed by atoms with Crippen molar-refractivity contribution in [3.05, 3.63) is 89.8 Å². The van der Waals surface area contributed by atoms with Crippen molar-refractivity contribution in [1.82, 2.24) is 0 Å². The van der Waals surface area contributed by atoms with Gasteiger partial charge in [-0.2, -0.15) is 20.8 Å². The minimum absolute atomic E-state index is 0. The Kier molecular flexibility index (Phi) is 15.4. The molecular formula is C24H26Cl2OTi. The Morgan fingerprint density at radius 1 is 0.750 bits per heavy atom. The second-order valence-corrected chi connectivity index (χ2v) is 6.44. The molecule has 146 valence electrons. The van der Waals surface area contributed by atoms with Crippen LogP contribution in [-0.4, -0.2) is 12.2 Å². The first-order valence-corrected chi connectivity index (χ1v) is 8.55. The van der Waals surface area contributed by atoms with Crippen LogP contribution >= 0.6 is 0 Å². The van der Waals surface area contributed by atoms with E-state index < -0.39 is 0 Å². The molecule has 0 saturated carbocycles. The van der Waals surface area contributed by atoms with Crippen molar-refractivity contribution in [3.63, 3.8) is 0 Å². The molecule has 1 aliphatic rings. The molecule has 3 aromatic carbocycles. The van der Waals surface area contributed by atoms with Crippen molar-refractivity contribution >= 4 is 0 Å². The third-order valence-corrected chi connectivity index (χ3v) is 3.85. The van der Waals surface area contributed by atoms with Crippen LogP contribution in [0.5, 0.6) is 0 Å². The standard InChI is InChI=1S/C19H13.C4H9.CH4O.2ClH.Ti/c1-2-7-14(8-3-1)16-11-6-12-18-17-10-5-4-9-15(17)13-19(16)18;1-4(2)3;1-2;;;/h1-7,9-12H,13H2;1-3H3;2H,1H3;2*1H;/q2*-1;;;;+4/p-2. The largest absolute Gasteiger partial charge is 4.00 e. The first-order chi connectivity index (χ1) is 12.2. The predicted molar refractivity (Wildman–Crippen MR) is 107 cm³/mol. The Balaban J connectivity index is 0. The van der Waals surface area contributed by atoms with E-state index in [2.05, 4.69) is 81.4 Å². The number of hydrogen-bond acceptors (Lipinski definition) is 1. The molecule has 1 aliphatic carbocycles. The van der Waals surface area contributed by atoms with Gasteiger partial charge in [0.15, 0.2) is 0 Å². The maximum atomic E-state index is 7.00. The second kappa shape index (κ2) is 14.8. The van der Waals surface area contributed by atoms with Crippen molar-refractivity contribution in [2.24, 2.45) is 0 Å². The van der Waals surface area contributed by atoms with Gasteiger partial charge in [0.05, 0.1) is 0 Å². The fourth-order valence-electron chi connectivity index (χ4n) is 2.97. The number of halogens is 2. The van der Waals surface area contributed by atoms with Gasteiger partial charge in [-0.3, -0.25) is 0 Å². The smallest absolute Gasteiger partial charge is 1.00 e. The molecule has 0 saturated heterocycles. The molecule has 0 atom stereocenters. The van der Waals surface area contributed by atoms with Crippen LogP contribution in [0.25, 0.3) is 22.3 Å². The van der Waals surface area contributed by atoms with Crippen molar-refractivity contribution in [2.45, 2.75) is 27.2 Å². The zero-order valence-corrected chi connectivity index (χ0v) is 19.8. The van der Waals surface area contributed by atoms with E-state index in [1.807, 2.05) is 12.1 Å². The van der Waals surface area contributed by atoms with E-state index in [1.165, 1.54) is 39.3 Å². The van der Waals surface area contributed by atoms with E-state index in [-0.39, 0.29) is 46.5 Å². The maximum absolute atomic E-state index is 7.00. The van der Waals surface area contributed by atoms with Gasteiger partial charge in [-0.1, -0.05) is 53.6 Å². The van der Waals surface area contributed by atoms with Crippen LogP contribution in [0.4, 0.5) is 0 Å². The molecule has 4 rings (SSSR count). The Morgan fingerprint density at radius 3 is 1.89 bits per heavy atom. The summed E-state index contributed by atoms with van der Waals surface area (Å²) in [5, 5.41) is 7.00. The minimum atomic E-state index is 0. The normalized spacial score (nSPS) is 9.64. The van der Waals surface area contributed by atoms with Gasteiger partial charge in [0.25, 0.3) is 0 Å². The quantitative estimate of drug-likeness (QED) is 0.320. The van der Waals surface area contributed by atoms with Crippen LogP contribution < -0.4 is 24.8 Å². The Labute approximate surface area is 197 Å². The number of hydrogen-bond donors (Lipinski definition) is 1. The average Bonchev–Trinajstić information content (AvgIpc) is 3.02. The molecule has 0 unspecified atom stereocenters. The third kappa shape index (κ3) is 7.39. The summed E-state index contributed by atoms with van der Waals surface area (Å²) in [5.74, 6) is 1.42. The van der Waals surface area contributed by atoms with E-state index in [0.717, 1.165) is 13.5 Å². The summed E-state index contributed by atoms with van der Waals surface area (Å²) in [7, 11) is 1.00. The second-order valence-electron chi connectivity index (χ2n) is 6.44. The number of aliphatic hydroxyl groups excluding tert-OH is 1. The van der Waals surface area contributed by atoms with Gasteiger partial charge in [0, 0.05) is 7.11 Å². The van der Waals surface area contributed by atoms with Gasteiger partial charge in [-0.15, -0.1) is 35.9 Å². The van der Waals surface area contributed by atoms with Gasteiger partial charge < -0.3 is 35.8 Å². The number of benzene rings is 3. The fraction of sp³-hybridized carbons (Fsp3) is 0.208. The third-order valence-electron chi connectivity index (χ3n) is 3.85. The molecule has 0 spiro atoms. The van der Waals surface area contributed by atoms with Gasteiger partial charge >= 0.3 is 21.7 Å². The van der Waals surface area contributed by atoms with Gasteiger partial charge in [0.2, 0.25) is 0 Å². The first kappa shape index (κ1) is 29.1. The Morgan fingerprint density at radius 2 is 1.29 bits per heavy atom. The summed E-state index contributed by atoms with van der Waals surface area (Å²) >= 11 is 0. The molecule has 0 bridgehead atoms.